The molecule has 0 bridgehead atoms. The van der Waals surface area contributed by atoms with Gasteiger partial charge in [-0.25, -0.2) is 0 Å². The number of aliphatic imine (C=N–C) groups is 1. The van der Waals surface area contributed by atoms with Crippen molar-refractivity contribution in [3.05, 3.63) is 0 Å². The third-order valence-corrected chi connectivity index (χ3v) is 4.63. The molecule has 0 aromatic carbocycles. The van der Waals surface area contributed by atoms with E-state index in [2.05, 4.69) is 17.2 Å². The van der Waals surface area contributed by atoms with E-state index >= 15 is 0 Å². The minimum Gasteiger partial charge on any atom is -0.370 e. The van der Waals surface area contributed by atoms with E-state index in [0.717, 1.165) is 12.8 Å². The van der Waals surface area contributed by atoms with Crippen molar-refractivity contribution in [2.45, 2.75) is 103 Å². The number of unbranched alkanes of at least 4 members (excludes halogenated alkanes) is 10. The molecule has 0 aliphatic rings. The van der Waals surface area contributed by atoms with Gasteiger partial charge in [0.05, 0.1) is 0 Å². The van der Waals surface area contributed by atoms with E-state index < -0.39 is 11.9 Å². The predicted octanol–water partition coefficient (Wildman–Crippen LogP) is 2.71. The lowest BCUT2D eigenvalue weighted by Crippen LogP contribution is -2.44. The van der Waals surface area contributed by atoms with Crippen LogP contribution >= 0.6 is 0 Å². The third kappa shape index (κ3) is 17.4. The van der Waals surface area contributed by atoms with Crippen LogP contribution in [-0.2, 0) is 9.59 Å². The smallest absolute Gasteiger partial charge is 0.240 e. The second-order valence-electron chi connectivity index (χ2n) is 7.26. The Hall–Kier alpha value is -1.79. The molecular formula is C20H41N5O2. The van der Waals surface area contributed by atoms with Crippen LogP contribution in [0.1, 0.15) is 96.8 Å². The summed E-state index contributed by atoms with van der Waals surface area (Å²) in [5.74, 6) is -0.616. The quantitative estimate of drug-likeness (QED) is 0.164. The van der Waals surface area contributed by atoms with Gasteiger partial charge in [-0.3, -0.25) is 14.6 Å². The molecule has 0 radical (unpaired) electrons. The first-order valence-electron chi connectivity index (χ1n) is 10.6. The predicted molar refractivity (Wildman–Crippen MR) is 112 cm³/mol. The third-order valence-electron chi connectivity index (χ3n) is 4.63. The monoisotopic (exact) mass is 383 g/mol. The van der Waals surface area contributed by atoms with Gasteiger partial charge >= 0.3 is 0 Å². The molecule has 0 aromatic heterocycles. The lowest BCUT2D eigenvalue weighted by Gasteiger charge is -2.15. The van der Waals surface area contributed by atoms with Crippen LogP contribution in [0.2, 0.25) is 0 Å². The summed E-state index contributed by atoms with van der Waals surface area (Å²) in [7, 11) is 0. The summed E-state index contributed by atoms with van der Waals surface area (Å²) in [5, 5.41) is 2.72. The molecule has 0 aliphatic heterocycles. The van der Waals surface area contributed by atoms with Crippen molar-refractivity contribution in [2.75, 3.05) is 6.54 Å². The van der Waals surface area contributed by atoms with Crippen LogP contribution < -0.4 is 22.5 Å². The lowest BCUT2D eigenvalue weighted by molar-refractivity contribution is -0.127. The molecule has 7 N–H and O–H groups in total. The zero-order valence-electron chi connectivity index (χ0n) is 17.2. The zero-order valence-corrected chi connectivity index (χ0v) is 17.2. The van der Waals surface area contributed by atoms with E-state index in [4.69, 9.17) is 17.2 Å². The first-order valence-corrected chi connectivity index (χ1v) is 10.6. The van der Waals surface area contributed by atoms with E-state index in [9.17, 15) is 9.59 Å². The first-order chi connectivity index (χ1) is 13.0. The van der Waals surface area contributed by atoms with Gasteiger partial charge in [0.15, 0.2) is 5.96 Å². The van der Waals surface area contributed by atoms with Gasteiger partial charge in [0.25, 0.3) is 0 Å². The van der Waals surface area contributed by atoms with E-state index in [1.165, 1.54) is 57.8 Å². The molecule has 0 unspecified atom stereocenters. The number of carbonyl (C=O) groups is 2. The van der Waals surface area contributed by atoms with Crippen LogP contribution in [0.15, 0.2) is 4.99 Å². The van der Waals surface area contributed by atoms with Gasteiger partial charge in [0, 0.05) is 13.0 Å². The van der Waals surface area contributed by atoms with Crippen LogP contribution in [0.25, 0.3) is 0 Å². The molecule has 7 nitrogen and oxygen atoms in total. The summed E-state index contributed by atoms with van der Waals surface area (Å²) in [6.45, 7) is 2.66. The van der Waals surface area contributed by atoms with Crippen molar-refractivity contribution in [2.24, 2.45) is 22.2 Å². The van der Waals surface area contributed by atoms with Crippen molar-refractivity contribution in [1.82, 2.24) is 5.32 Å². The Labute approximate surface area is 164 Å². The van der Waals surface area contributed by atoms with E-state index in [1.54, 1.807) is 0 Å². The van der Waals surface area contributed by atoms with Crippen LogP contribution in [0.4, 0.5) is 0 Å². The molecule has 7 heteroatoms. The number of nitrogens with zero attached hydrogens (tertiary/aromatic N) is 1. The van der Waals surface area contributed by atoms with Crippen molar-refractivity contribution >= 4 is 17.8 Å². The first kappa shape index (κ1) is 25.2. The molecule has 0 saturated carbocycles. The fourth-order valence-corrected chi connectivity index (χ4v) is 3.01. The molecule has 0 rings (SSSR count). The number of nitrogens with two attached hydrogens (primary N) is 3. The Bertz CT molecular complexity index is 423. The van der Waals surface area contributed by atoms with Crippen LogP contribution in [-0.4, -0.2) is 30.4 Å². The van der Waals surface area contributed by atoms with Crippen LogP contribution in [0.3, 0.4) is 0 Å². The average molecular weight is 384 g/mol. The number of hydrogen-bond donors (Lipinski definition) is 4. The standard InChI is InChI=1S/C20H41N5O2/c1-2-3-4-5-6-7-8-9-10-11-12-15-18(26)25-17(19(21)27)14-13-16-24-20(22)23/h17H,2-16H2,1H3,(H2,21,27)(H,25,26)(H4,22,23,24)/t17-/m0/s1. The topological polar surface area (TPSA) is 137 Å². The van der Waals surface area contributed by atoms with Gasteiger partial charge in [-0.15, -0.1) is 0 Å². The normalized spacial score (nSPS) is 11.7. The number of rotatable bonds is 18. The van der Waals surface area contributed by atoms with Crippen molar-refractivity contribution in [3.63, 3.8) is 0 Å². The van der Waals surface area contributed by atoms with Crippen molar-refractivity contribution < 1.29 is 9.59 Å². The molecule has 2 amide bonds. The molecule has 0 saturated heterocycles. The van der Waals surface area contributed by atoms with Gasteiger partial charge in [-0.2, -0.15) is 0 Å². The number of primary amides is 1. The Kier molecular flexibility index (Phi) is 16.4. The van der Waals surface area contributed by atoms with Crippen LogP contribution in [0, 0.1) is 0 Å². The Balaban J connectivity index is 3.66. The highest BCUT2D eigenvalue weighted by Crippen LogP contribution is 2.12. The second-order valence-corrected chi connectivity index (χ2v) is 7.26. The maximum Gasteiger partial charge on any atom is 0.240 e. The van der Waals surface area contributed by atoms with Gasteiger partial charge in [0.2, 0.25) is 11.8 Å². The molecule has 0 aliphatic carbocycles. The molecule has 27 heavy (non-hydrogen) atoms. The molecule has 0 aromatic rings. The highest BCUT2D eigenvalue weighted by molar-refractivity contribution is 5.86. The second kappa shape index (κ2) is 17.6. The summed E-state index contributed by atoms with van der Waals surface area (Å²) in [6.07, 6.45) is 15.1. The van der Waals surface area contributed by atoms with Gasteiger partial charge in [0.1, 0.15) is 6.04 Å². The largest absolute Gasteiger partial charge is 0.370 e. The molecule has 0 heterocycles. The highest BCUT2D eigenvalue weighted by atomic mass is 16.2. The van der Waals surface area contributed by atoms with Gasteiger partial charge < -0.3 is 22.5 Å². The SMILES string of the molecule is CCCCCCCCCCCCCC(=O)N[C@@H](CCCN=C(N)N)C(N)=O. The number of hydrogen-bond acceptors (Lipinski definition) is 3. The van der Waals surface area contributed by atoms with Crippen LogP contribution in [0.5, 0.6) is 0 Å². The Morgan fingerprint density at radius 1 is 0.815 bits per heavy atom. The van der Waals surface area contributed by atoms with Gasteiger partial charge in [-0.1, -0.05) is 71.1 Å². The fraction of sp³-hybridized carbons (Fsp3) is 0.850. The summed E-state index contributed by atoms with van der Waals surface area (Å²) < 4.78 is 0. The van der Waals surface area contributed by atoms with Gasteiger partial charge in [-0.05, 0) is 19.3 Å². The summed E-state index contributed by atoms with van der Waals surface area (Å²) in [6, 6.07) is -0.653. The molecule has 0 spiro atoms. The molecule has 0 fully saturated rings. The number of nitrogens with one attached hydrogen (secondary N) is 1. The molecule has 1 atom stereocenters. The van der Waals surface area contributed by atoms with E-state index in [1.807, 2.05) is 0 Å². The Morgan fingerprint density at radius 2 is 1.33 bits per heavy atom. The molecule has 158 valence electrons. The maximum absolute atomic E-state index is 12.0. The number of guanidine groups is 1. The summed E-state index contributed by atoms with van der Waals surface area (Å²) >= 11 is 0. The van der Waals surface area contributed by atoms with Crippen molar-refractivity contribution in [1.29, 1.82) is 0 Å². The zero-order chi connectivity index (χ0) is 20.3. The van der Waals surface area contributed by atoms with Crippen molar-refractivity contribution in [3.8, 4) is 0 Å². The molecular weight excluding hydrogens is 342 g/mol. The lowest BCUT2D eigenvalue weighted by atomic mass is 10.0. The summed E-state index contributed by atoms with van der Waals surface area (Å²) in [5.41, 5.74) is 15.8. The Morgan fingerprint density at radius 3 is 1.81 bits per heavy atom. The average Bonchev–Trinajstić information content (AvgIpc) is 2.61. The number of carbonyl (C=O) groups excluding carboxylic acids is 2. The minimum atomic E-state index is -0.653. The minimum absolute atomic E-state index is 0.0196. The number of amides is 2. The summed E-state index contributed by atoms with van der Waals surface area (Å²) in [4.78, 5) is 27.3. The van der Waals surface area contributed by atoms with E-state index in [-0.39, 0.29) is 11.9 Å². The maximum atomic E-state index is 12.0. The van der Waals surface area contributed by atoms with E-state index in [0.29, 0.717) is 25.8 Å². The fourth-order valence-electron chi connectivity index (χ4n) is 3.01. The highest BCUT2D eigenvalue weighted by Gasteiger charge is 2.17.